The topological polar surface area (TPSA) is 20.3 Å². The van der Waals surface area contributed by atoms with Gasteiger partial charge in [0.1, 0.15) is 0 Å². The molecule has 1 heterocycles. The summed E-state index contributed by atoms with van der Waals surface area (Å²) in [7, 11) is 0. The second-order valence-electron chi connectivity index (χ2n) is 6.45. The molecule has 4 rings (SSSR count). The molecule has 2 bridgehead atoms. The number of rotatable bonds is 1. The van der Waals surface area contributed by atoms with Crippen molar-refractivity contribution >= 4 is 5.91 Å². The van der Waals surface area contributed by atoms with Crippen LogP contribution in [0.3, 0.4) is 0 Å². The summed E-state index contributed by atoms with van der Waals surface area (Å²) in [6.45, 7) is 1.12. The highest BCUT2D eigenvalue weighted by molar-refractivity contribution is 5.82. The molecule has 88 valence electrons. The maximum atomic E-state index is 12.5. The molecule has 3 aliphatic carbocycles. The SMILES string of the molecule is O=C1C2C3CCC(C3)C2CN1C1CCCC1. The monoisotopic (exact) mass is 219 g/mol. The first-order chi connectivity index (χ1) is 7.84. The van der Waals surface area contributed by atoms with Crippen LogP contribution in [0.15, 0.2) is 0 Å². The quantitative estimate of drug-likeness (QED) is 0.663. The maximum absolute atomic E-state index is 12.5. The van der Waals surface area contributed by atoms with Crippen LogP contribution in [0.4, 0.5) is 0 Å². The first kappa shape index (κ1) is 9.49. The molecule has 0 radical (unpaired) electrons. The van der Waals surface area contributed by atoms with Crippen LogP contribution in [0.2, 0.25) is 0 Å². The van der Waals surface area contributed by atoms with Crippen molar-refractivity contribution in [1.29, 1.82) is 0 Å². The molecule has 4 aliphatic rings. The van der Waals surface area contributed by atoms with Gasteiger partial charge in [0, 0.05) is 18.5 Å². The number of carbonyl (C=O) groups excluding carboxylic acids is 1. The normalized spacial score (nSPS) is 47.0. The largest absolute Gasteiger partial charge is 0.339 e. The molecule has 2 nitrogen and oxygen atoms in total. The molecule has 4 fully saturated rings. The fourth-order valence-electron chi connectivity index (χ4n) is 5.11. The van der Waals surface area contributed by atoms with Gasteiger partial charge in [-0.1, -0.05) is 12.8 Å². The Bertz CT molecular complexity index is 321. The average Bonchev–Trinajstić information content (AvgIpc) is 2.97. The number of carbonyl (C=O) groups is 1. The number of likely N-dealkylation sites (tertiary alicyclic amines) is 1. The van der Waals surface area contributed by atoms with Crippen LogP contribution in [-0.4, -0.2) is 23.4 Å². The van der Waals surface area contributed by atoms with Crippen molar-refractivity contribution in [2.75, 3.05) is 6.54 Å². The van der Waals surface area contributed by atoms with Crippen LogP contribution >= 0.6 is 0 Å². The van der Waals surface area contributed by atoms with E-state index < -0.39 is 0 Å². The molecule has 4 unspecified atom stereocenters. The molecule has 0 N–H and O–H groups in total. The van der Waals surface area contributed by atoms with Gasteiger partial charge < -0.3 is 4.90 Å². The van der Waals surface area contributed by atoms with E-state index in [4.69, 9.17) is 0 Å². The number of hydrogen-bond donors (Lipinski definition) is 0. The van der Waals surface area contributed by atoms with Gasteiger partial charge in [-0.15, -0.1) is 0 Å². The molecular weight excluding hydrogens is 198 g/mol. The minimum absolute atomic E-state index is 0.458. The van der Waals surface area contributed by atoms with Gasteiger partial charge in [-0.2, -0.15) is 0 Å². The predicted molar refractivity (Wildman–Crippen MR) is 61.8 cm³/mol. The van der Waals surface area contributed by atoms with Gasteiger partial charge in [-0.3, -0.25) is 4.79 Å². The Morgan fingerprint density at radius 3 is 2.50 bits per heavy atom. The summed E-state index contributed by atoms with van der Waals surface area (Å²) in [5.41, 5.74) is 0. The van der Waals surface area contributed by atoms with Gasteiger partial charge in [-0.05, 0) is 49.9 Å². The minimum Gasteiger partial charge on any atom is -0.339 e. The molecule has 1 amide bonds. The lowest BCUT2D eigenvalue weighted by molar-refractivity contribution is -0.134. The van der Waals surface area contributed by atoms with Crippen molar-refractivity contribution in [3.05, 3.63) is 0 Å². The Balaban J connectivity index is 1.58. The third kappa shape index (κ3) is 1.11. The number of fused-ring (bicyclic) bond motifs is 5. The van der Waals surface area contributed by atoms with Gasteiger partial charge in [0.25, 0.3) is 0 Å². The van der Waals surface area contributed by atoms with E-state index >= 15 is 0 Å². The van der Waals surface area contributed by atoms with Crippen LogP contribution in [0, 0.1) is 23.7 Å². The highest BCUT2D eigenvalue weighted by atomic mass is 16.2. The molecule has 4 atom stereocenters. The zero-order chi connectivity index (χ0) is 10.7. The third-order valence-corrected chi connectivity index (χ3v) is 5.83. The van der Waals surface area contributed by atoms with E-state index in [1.165, 1.54) is 44.9 Å². The zero-order valence-electron chi connectivity index (χ0n) is 9.90. The van der Waals surface area contributed by atoms with E-state index in [1.54, 1.807) is 0 Å². The van der Waals surface area contributed by atoms with Gasteiger partial charge >= 0.3 is 0 Å². The van der Waals surface area contributed by atoms with E-state index in [2.05, 4.69) is 4.90 Å². The molecule has 16 heavy (non-hydrogen) atoms. The van der Waals surface area contributed by atoms with Crippen molar-refractivity contribution < 1.29 is 4.79 Å². The van der Waals surface area contributed by atoms with Crippen LogP contribution in [-0.2, 0) is 4.79 Å². The standard InChI is InChI=1S/C14H21NO/c16-14-13-10-6-5-9(7-10)12(13)8-15(14)11-3-1-2-4-11/h9-13H,1-8H2. The Hall–Kier alpha value is -0.530. The highest BCUT2D eigenvalue weighted by Gasteiger charge is 2.56. The second-order valence-corrected chi connectivity index (χ2v) is 6.45. The minimum atomic E-state index is 0.458. The first-order valence-corrected chi connectivity index (χ1v) is 7.15. The lowest BCUT2D eigenvalue weighted by Crippen LogP contribution is -2.36. The van der Waals surface area contributed by atoms with Gasteiger partial charge in [0.15, 0.2) is 0 Å². The summed E-state index contributed by atoms with van der Waals surface area (Å²) >= 11 is 0. The lowest BCUT2D eigenvalue weighted by Gasteiger charge is -2.25. The van der Waals surface area contributed by atoms with Gasteiger partial charge in [0.2, 0.25) is 5.91 Å². The molecule has 1 aliphatic heterocycles. The van der Waals surface area contributed by atoms with E-state index in [0.29, 0.717) is 17.9 Å². The van der Waals surface area contributed by atoms with Crippen molar-refractivity contribution in [3.8, 4) is 0 Å². The molecular formula is C14H21NO. The van der Waals surface area contributed by atoms with Crippen molar-refractivity contribution in [2.45, 2.75) is 51.0 Å². The summed E-state index contributed by atoms with van der Waals surface area (Å²) < 4.78 is 0. The van der Waals surface area contributed by atoms with Gasteiger partial charge in [0.05, 0.1) is 0 Å². The van der Waals surface area contributed by atoms with Crippen LogP contribution in [0.25, 0.3) is 0 Å². The second kappa shape index (κ2) is 3.24. The summed E-state index contributed by atoms with van der Waals surface area (Å²) in [4.78, 5) is 14.8. The van der Waals surface area contributed by atoms with Crippen molar-refractivity contribution in [1.82, 2.24) is 4.90 Å². The molecule has 0 aromatic rings. The molecule has 3 saturated carbocycles. The van der Waals surface area contributed by atoms with Crippen molar-refractivity contribution in [2.24, 2.45) is 23.7 Å². The Labute approximate surface area is 97.4 Å². The Morgan fingerprint density at radius 1 is 1.00 bits per heavy atom. The Morgan fingerprint density at radius 2 is 1.75 bits per heavy atom. The van der Waals surface area contributed by atoms with E-state index in [-0.39, 0.29) is 0 Å². The average molecular weight is 219 g/mol. The summed E-state index contributed by atoms with van der Waals surface area (Å²) in [6.07, 6.45) is 9.38. The maximum Gasteiger partial charge on any atom is 0.226 e. The summed E-state index contributed by atoms with van der Waals surface area (Å²) in [5, 5.41) is 0. The molecule has 1 saturated heterocycles. The third-order valence-electron chi connectivity index (χ3n) is 5.83. The number of amides is 1. The zero-order valence-corrected chi connectivity index (χ0v) is 9.90. The van der Waals surface area contributed by atoms with Gasteiger partial charge in [-0.25, -0.2) is 0 Å². The highest BCUT2D eigenvalue weighted by Crippen LogP contribution is 2.56. The van der Waals surface area contributed by atoms with Crippen LogP contribution in [0.5, 0.6) is 0 Å². The van der Waals surface area contributed by atoms with E-state index in [1.807, 2.05) is 0 Å². The smallest absolute Gasteiger partial charge is 0.226 e. The van der Waals surface area contributed by atoms with E-state index in [9.17, 15) is 4.79 Å². The molecule has 2 heteroatoms. The summed E-state index contributed by atoms with van der Waals surface area (Å²) in [6, 6.07) is 0.623. The predicted octanol–water partition coefficient (Wildman–Crippen LogP) is 2.43. The van der Waals surface area contributed by atoms with E-state index in [0.717, 1.165) is 24.3 Å². The first-order valence-electron chi connectivity index (χ1n) is 7.15. The lowest BCUT2D eigenvalue weighted by atomic mass is 9.81. The molecule has 0 aromatic heterocycles. The van der Waals surface area contributed by atoms with Crippen LogP contribution in [0.1, 0.15) is 44.9 Å². The number of hydrogen-bond acceptors (Lipinski definition) is 1. The van der Waals surface area contributed by atoms with Crippen molar-refractivity contribution in [3.63, 3.8) is 0 Å². The molecule has 0 spiro atoms. The fraction of sp³-hybridized carbons (Fsp3) is 0.929. The van der Waals surface area contributed by atoms with Crippen LogP contribution < -0.4 is 0 Å². The number of nitrogens with zero attached hydrogens (tertiary/aromatic N) is 1. The summed E-state index contributed by atoms with van der Waals surface area (Å²) in [5.74, 6) is 3.44. The Kier molecular flexibility index (Phi) is 1.92. The fourth-order valence-corrected chi connectivity index (χ4v) is 5.11. The molecule has 0 aromatic carbocycles.